The maximum absolute atomic E-state index is 9.87. The number of piperidine rings is 1. The van der Waals surface area contributed by atoms with Crippen LogP contribution in [-0.2, 0) is 6.42 Å². The van der Waals surface area contributed by atoms with Gasteiger partial charge in [0.05, 0.1) is 11.6 Å². The van der Waals surface area contributed by atoms with Crippen molar-refractivity contribution in [2.24, 2.45) is 5.92 Å². The molecule has 2 aliphatic rings. The molecule has 3 heterocycles. The van der Waals surface area contributed by atoms with E-state index >= 15 is 0 Å². The summed E-state index contributed by atoms with van der Waals surface area (Å²) >= 11 is 0. The van der Waals surface area contributed by atoms with E-state index in [0.717, 1.165) is 48.4 Å². The maximum atomic E-state index is 9.87. The number of aromatic nitrogens is 1. The van der Waals surface area contributed by atoms with Crippen LogP contribution < -0.4 is 10.7 Å². The number of rotatable bonds is 3. The highest BCUT2D eigenvalue weighted by Gasteiger charge is 2.30. The molecule has 0 amide bonds. The van der Waals surface area contributed by atoms with Gasteiger partial charge in [0, 0.05) is 17.8 Å². The van der Waals surface area contributed by atoms with Crippen molar-refractivity contribution in [2.75, 3.05) is 13.1 Å². The fourth-order valence-corrected chi connectivity index (χ4v) is 3.68. The molecule has 5 heteroatoms. The van der Waals surface area contributed by atoms with E-state index in [1.165, 1.54) is 11.1 Å². The van der Waals surface area contributed by atoms with Gasteiger partial charge in [-0.1, -0.05) is 18.2 Å². The zero-order chi connectivity index (χ0) is 15.6. The van der Waals surface area contributed by atoms with Gasteiger partial charge in [-0.3, -0.25) is 10.2 Å². The highest BCUT2D eigenvalue weighted by atomic mass is 16.5. The average molecular weight is 310 g/mol. The number of pyridine rings is 1. The van der Waals surface area contributed by atoms with Crippen molar-refractivity contribution in [2.45, 2.75) is 25.3 Å². The van der Waals surface area contributed by atoms with Crippen LogP contribution in [0.2, 0.25) is 0 Å². The molecule has 5 nitrogen and oxygen atoms in total. The molecule has 1 aromatic heterocycles. The quantitative estimate of drug-likeness (QED) is 0.811. The lowest BCUT2D eigenvalue weighted by molar-refractivity contribution is -0.0839. The SMILES string of the molecule is ON1C=C(C2CCNCC2)C(Cc2cnc3ccccc3c2)N1. The van der Waals surface area contributed by atoms with Crippen molar-refractivity contribution in [3.05, 3.63) is 53.9 Å². The van der Waals surface area contributed by atoms with E-state index in [-0.39, 0.29) is 6.04 Å². The summed E-state index contributed by atoms with van der Waals surface area (Å²) in [5.74, 6) is 0.541. The van der Waals surface area contributed by atoms with E-state index in [9.17, 15) is 5.21 Å². The number of hydroxylamine groups is 1. The third kappa shape index (κ3) is 3.08. The second kappa shape index (κ2) is 6.28. The Hall–Kier alpha value is -1.95. The molecule has 0 aliphatic carbocycles. The van der Waals surface area contributed by atoms with Gasteiger partial charge in [0.25, 0.3) is 0 Å². The number of nitrogens with zero attached hydrogens (tertiary/aromatic N) is 2. The summed E-state index contributed by atoms with van der Waals surface area (Å²) in [5, 5.41) is 15.6. The van der Waals surface area contributed by atoms with Gasteiger partial charge in [-0.05, 0) is 61.5 Å². The molecule has 2 aromatic rings. The predicted molar refractivity (Wildman–Crippen MR) is 89.7 cm³/mol. The standard InChI is InChI=1S/C18H22N4O/c23-22-12-16(14-5-7-19-8-6-14)18(21-22)10-13-9-15-3-1-2-4-17(15)20-11-13/h1-4,9,11-12,14,18-19,21,23H,5-8,10H2. The van der Waals surface area contributed by atoms with Crippen LogP contribution in [0.25, 0.3) is 10.9 Å². The minimum Gasteiger partial charge on any atom is -0.317 e. The second-order valence-electron chi connectivity index (χ2n) is 6.42. The Labute approximate surface area is 135 Å². The molecule has 1 unspecified atom stereocenters. The number of fused-ring (bicyclic) bond motifs is 1. The smallest absolute Gasteiger partial charge is 0.0702 e. The fraction of sp³-hybridized carbons (Fsp3) is 0.389. The third-order valence-corrected chi connectivity index (χ3v) is 4.86. The Balaban J connectivity index is 1.55. The van der Waals surface area contributed by atoms with Crippen LogP contribution in [0.4, 0.5) is 0 Å². The molecule has 1 aromatic carbocycles. The Morgan fingerprint density at radius 2 is 2.04 bits per heavy atom. The Morgan fingerprint density at radius 1 is 1.22 bits per heavy atom. The summed E-state index contributed by atoms with van der Waals surface area (Å²) in [6.07, 6.45) is 6.91. The van der Waals surface area contributed by atoms with Crippen molar-refractivity contribution in [1.29, 1.82) is 0 Å². The first-order valence-corrected chi connectivity index (χ1v) is 8.30. The molecule has 23 heavy (non-hydrogen) atoms. The number of nitrogens with one attached hydrogen (secondary N) is 2. The summed E-state index contributed by atoms with van der Waals surface area (Å²) in [7, 11) is 0. The van der Waals surface area contributed by atoms with Gasteiger partial charge in [-0.25, -0.2) is 5.43 Å². The van der Waals surface area contributed by atoms with Crippen LogP contribution >= 0.6 is 0 Å². The Kier molecular flexibility index (Phi) is 3.99. The lowest BCUT2D eigenvalue weighted by atomic mass is 9.85. The van der Waals surface area contributed by atoms with Crippen molar-refractivity contribution >= 4 is 10.9 Å². The molecular weight excluding hydrogens is 288 g/mol. The normalized spacial score (nSPS) is 22.6. The van der Waals surface area contributed by atoms with Gasteiger partial charge in [0.15, 0.2) is 0 Å². The van der Waals surface area contributed by atoms with E-state index < -0.39 is 0 Å². The zero-order valence-electron chi connectivity index (χ0n) is 13.1. The number of hydrogen-bond acceptors (Lipinski definition) is 5. The summed E-state index contributed by atoms with van der Waals surface area (Å²) in [4.78, 5) is 4.55. The maximum Gasteiger partial charge on any atom is 0.0702 e. The van der Waals surface area contributed by atoms with Gasteiger partial charge in [-0.2, -0.15) is 5.17 Å². The van der Waals surface area contributed by atoms with Gasteiger partial charge in [0.1, 0.15) is 0 Å². The lowest BCUT2D eigenvalue weighted by Crippen LogP contribution is -2.38. The van der Waals surface area contributed by atoms with Crippen LogP contribution in [0, 0.1) is 5.92 Å². The van der Waals surface area contributed by atoms with Crippen molar-refractivity contribution < 1.29 is 5.21 Å². The van der Waals surface area contributed by atoms with Gasteiger partial charge in [-0.15, -0.1) is 0 Å². The predicted octanol–water partition coefficient (Wildman–Crippen LogP) is 2.24. The molecule has 1 atom stereocenters. The van der Waals surface area contributed by atoms with Crippen molar-refractivity contribution in [3.8, 4) is 0 Å². The molecule has 120 valence electrons. The summed E-state index contributed by atoms with van der Waals surface area (Å²) in [5.41, 5.74) is 6.67. The van der Waals surface area contributed by atoms with E-state index in [4.69, 9.17) is 0 Å². The van der Waals surface area contributed by atoms with Crippen LogP contribution in [0.1, 0.15) is 18.4 Å². The van der Waals surface area contributed by atoms with Crippen molar-refractivity contribution in [3.63, 3.8) is 0 Å². The molecule has 3 N–H and O–H groups in total. The molecule has 0 spiro atoms. The Morgan fingerprint density at radius 3 is 2.91 bits per heavy atom. The van der Waals surface area contributed by atoms with Gasteiger partial charge < -0.3 is 5.32 Å². The summed E-state index contributed by atoms with van der Waals surface area (Å²) in [6, 6.07) is 10.5. The van der Waals surface area contributed by atoms with Crippen LogP contribution in [0.3, 0.4) is 0 Å². The van der Waals surface area contributed by atoms with Crippen LogP contribution in [0.5, 0.6) is 0 Å². The molecule has 0 saturated carbocycles. The largest absolute Gasteiger partial charge is 0.317 e. The van der Waals surface area contributed by atoms with Gasteiger partial charge >= 0.3 is 0 Å². The average Bonchev–Trinajstić information content (AvgIpc) is 2.96. The lowest BCUT2D eigenvalue weighted by Gasteiger charge is -2.27. The van der Waals surface area contributed by atoms with Crippen LogP contribution in [-0.4, -0.2) is 34.5 Å². The number of hydrazine groups is 1. The zero-order valence-corrected chi connectivity index (χ0v) is 13.1. The molecular formula is C18H22N4O. The number of para-hydroxylation sites is 1. The highest BCUT2D eigenvalue weighted by molar-refractivity contribution is 5.78. The van der Waals surface area contributed by atoms with E-state index in [2.05, 4.69) is 27.9 Å². The molecule has 4 rings (SSSR count). The highest BCUT2D eigenvalue weighted by Crippen LogP contribution is 2.29. The summed E-state index contributed by atoms with van der Waals surface area (Å²) in [6.45, 7) is 2.11. The second-order valence-corrected chi connectivity index (χ2v) is 6.42. The molecule has 0 bridgehead atoms. The van der Waals surface area contributed by atoms with Crippen molar-refractivity contribution in [1.82, 2.24) is 20.9 Å². The minimum absolute atomic E-state index is 0.145. The van der Waals surface area contributed by atoms with E-state index in [1.54, 1.807) is 0 Å². The third-order valence-electron chi connectivity index (χ3n) is 4.86. The molecule has 1 fully saturated rings. The first-order valence-electron chi connectivity index (χ1n) is 8.30. The van der Waals surface area contributed by atoms with E-state index in [1.807, 2.05) is 30.6 Å². The molecule has 1 saturated heterocycles. The first-order chi connectivity index (χ1) is 11.3. The van der Waals surface area contributed by atoms with E-state index in [0.29, 0.717) is 5.92 Å². The summed E-state index contributed by atoms with van der Waals surface area (Å²) < 4.78 is 0. The number of benzene rings is 1. The molecule has 0 radical (unpaired) electrons. The molecule has 2 aliphatic heterocycles. The minimum atomic E-state index is 0.145. The van der Waals surface area contributed by atoms with Crippen LogP contribution in [0.15, 0.2) is 48.3 Å². The topological polar surface area (TPSA) is 60.4 Å². The monoisotopic (exact) mass is 310 g/mol. The fourth-order valence-electron chi connectivity index (χ4n) is 3.68. The Bertz CT molecular complexity index is 724. The van der Waals surface area contributed by atoms with Gasteiger partial charge in [0.2, 0.25) is 0 Å². The number of hydrogen-bond donors (Lipinski definition) is 3. The first kappa shape index (κ1) is 14.6.